The van der Waals surface area contributed by atoms with Crippen LogP contribution < -0.4 is 5.73 Å². The highest BCUT2D eigenvalue weighted by atomic mass is 15.2. The van der Waals surface area contributed by atoms with Crippen molar-refractivity contribution < 1.29 is 0 Å². The van der Waals surface area contributed by atoms with Crippen LogP contribution >= 0.6 is 0 Å². The molecule has 0 spiro atoms. The lowest BCUT2D eigenvalue weighted by atomic mass is 10.1. The van der Waals surface area contributed by atoms with Gasteiger partial charge in [-0.05, 0) is 37.6 Å². The van der Waals surface area contributed by atoms with Gasteiger partial charge in [-0.25, -0.2) is 4.98 Å². The maximum atomic E-state index is 6.08. The molecule has 2 aromatic heterocycles. The van der Waals surface area contributed by atoms with E-state index >= 15 is 0 Å². The molecule has 0 saturated carbocycles. The standard InChI is InChI=1S/C15H16N4/c1-10-6-5-8-13-14(10)18-15(16)19(13)11(2)12-7-3-4-9-17-12/h3-9,11H,1-2H3,(H2,16,18). The van der Waals surface area contributed by atoms with Crippen LogP contribution in [0, 0.1) is 6.92 Å². The van der Waals surface area contributed by atoms with E-state index in [2.05, 4.69) is 16.9 Å². The lowest BCUT2D eigenvalue weighted by molar-refractivity contribution is 0.647. The largest absolute Gasteiger partial charge is 0.369 e. The Balaban J connectivity index is 2.20. The van der Waals surface area contributed by atoms with Gasteiger partial charge < -0.3 is 10.3 Å². The summed E-state index contributed by atoms with van der Waals surface area (Å²) >= 11 is 0. The van der Waals surface area contributed by atoms with E-state index in [1.54, 1.807) is 6.20 Å². The smallest absolute Gasteiger partial charge is 0.201 e. The van der Waals surface area contributed by atoms with E-state index in [0.29, 0.717) is 5.95 Å². The number of para-hydroxylation sites is 1. The van der Waals surface area contributed by atoms with E-state index in [-0.39, 0.29) is 6.04 Å². The molecule has 4 nitrogen and oxygen atoms in total. The Bertz CT molecular complexity index is 716. The Kier molecular flexibility index (Phi) is 2.71. The summed E-state index contributed by atoms with van der Waals surface area (Å²) in [6, 6.07) is 12.1. The average molecular weight is 252 g/mol. The minimum atomic E-state index is 0.0630. The van der Waals surface area contributed by atoms with Gasteiger partial charge >= 0.3 is 0 Å². The highest BCUT2D eigenvalue weighted by Gasteiger charge is 2.16. The van der Waals surface area contributed by atoms with Crippen LogP contribution in [0.15, 0.2) is 42.6 Å². The summed E-state index contributed by atoms with van der Waals surface area (Å²) in [5.41, 5.74) is 10.2. The molecule has 1 atom stereocenters. The Morgan fingerprint density at radius 3 is 2.74 bits per heavy atom. The van der Waals surface area contributed by atoms with Crippen molar-refractivity contribution >= 4 is 17.0 Å². The van der Waals surface area contributed by atoms with Gasteiger partial charge in [-0.15, -0.1) is 0 Å². The average Bonchev–Trinajstić information content (AvgIpc) is 2.77. The molecular weight excluding hydrogens is 236 g/mol. The zero-order valence-electron chi connectivity index (χ0n) is 11.0. The van der Waals surface area contributed by atoms with Gasteiger partial charge in [0.05, 0.1) is 22.8 Å². The molecule has 0 radical (unpaired) electrons. The maximum absolute atomic E-state index is 6.08. The SMILES string of the molecule is Cc1cccc2c1nc(N)n2C(C)c1ccccn1. The van der Waals surface area contributed by atoms with Crippen LogP contribution in [0.2, 0.25) is 0 Å². The molecule has 2 heterocycles. The van der Waals surface area contributed by atoms with E-state index < -0.39 is 0 Å². The fourth-order valence-corrected chi connectivity index (χ4v) is 2.44. The number of hydrogen-bond donors (Lipinski definition) is 1. The molecule has 2 N–H and O–H groups in total. The first kappa shape index (κ1) is 11.7. The first-order valence-electron chi connectivity index (χ1n) is 6.32. The van der Waals surface area contributed by atoms with Gasteiger partial charge in [0.2, 0.25) is 5.95 Å². The van der Waals surface area contributed by atoms with Crippen molar-refractivity contribution in [2.75, 3.05) is 5.73 Å². The molecule has 96 valence electrons. The molecule has 3 rings (SSSR count). The van der Waals surface area contributed by atoms with Crippen molar-refractivity contribution in [1.29, 1.82) is 0 Å². The third-order valence-electron chi connectivity index (χ3n) is 3.45. The molecule has 1 aromatic carbocycles. The molecule has 4 heteroatoms. The predicted molar refractivity (Wildman–Crippen MR) is 76.9 cm³/mol. The third kappa shape index (κ3) is 1.85. The summed E-state index contributed by atoms with van der Waals surface area (Å²) in [5.74, 6) is 0.530. The molecule has 0 fully saturated rings. The van der Waals surface area contributed by atoms with Crippen LogP contribution in [0.3, 0.4) is 0 Å². The van der Waals surface area contributed by atoms with Gasteiger partial charge in [0.25, 0.3) is 0 Å². The summed E-state index contributed by atoms with van der Waals surface area (Å²) in [6.45, 7) is 4.13. The van der Waals surface area contributed by atoms with Gasteiger partial charge in [0.1, 0.15) is 0 Å². The van der Waals surface area contributed by atoms with Crippen LogP contribution in [0.5, 0.6) is 0 Å². The molecule has 3 aromatic rings. The zero-order valence-corrected chi connectivity index (χ0v) is 11.0. The van der Waals surface area contributed by atoms with Crippen molar-refractivity contribution in [2.24, 2.45) is 0 Å². The Morgan fingerprint density at radius 2 is 2.00 bits per heavy atom. The maximum Gasteiger partial charge on any atom is 0.201 e. The number of nitrogens with two attached hydrogens (primary N) is 1. The zero-order chi connectivity index (χ0) is 13.4. The number of imidazole rings is 1. The minimum Gasteiger partial charge on any atom is -0.369 e. The van der Waals surface area contributed by atoms with Crippen LogP contribution in [0.4, 0.5) is 5.95 Å². The molecule has 0 saturated heterocycles. The summed E-state index contributed by atoms with van der Waals surface area (Å²) in [6.07, 6.45) is 1.80. The number of benzene rings is 1. The minimum absolute atomic E-state index is 0.0630. The normalized spacial score (nSPS) is 12.7. The van der Waals surface area contributed by atoms with Crippen LogP contribution in [0.1, 0.15) is 24.2 Å². The molecule has 0 aliphatic rings. The van der Waals surface area contributed by atoms with Crippen molar-refractivity contribution in [1.82, 2.24) is 14.5 Å². The van der Waals surface area contributed by atoms with E-state index in [9.17, 15) is 0 Å². The number of aromatic nitrogens is 3. The molecule has 0 aliphatic carbocycles. The number of nitrogen functional groups attached to an aromatic ring is 1. The van der Waals surface area contributed by atoms with E-state index in [1.807, 2.05) is 47.9 Å². The summed E-state index contributed by atoms with van der Waals surface area (Å²) in [5, 5.41) is 0. The second kappa shape index (κ2) is 4.39. The first-order chi connectivity index (χ1) is 9.18. The van der Waals surface area contributed by atoms with Crippen molar-refractivity contribution in [3.63, 3.8) is 0 Å². The van der Waals surface area contributed by atoms with Gasteiger partial charge in [0, 0.05) is 6.20 Å². The Hall–Kier alpha value is -2.36. The van der Waals surface area contributed by atoms with Gasteiger partial charge in [0.15, 0.2) is 0 Å². The quantitative estimate of drug-likeness (QED) is 0.763. The number of rotatable bonds is 2. The predicted octanol–water partition coefficient (Wildman–Crippen LogP) is 2.93. The topological polar surface area (TPSA) is 56.7 Å². The van der Waals surface area contributed by atoms with E-state index in [4.69, 9.17) is 5.73 Å². The fourth-order valence-electron chi connectivity index (χ4n) is 2.44. The van der Waals surface area contributed by atoms with Gasteiger partial charge in [-0.1, -0.05) is 18.2 Å². The second-order valence-electron chi connectivity index (χ2n) is 4.71. The first-order valence-corrected chi connectivity index (χ1v) is 6.32. The second-order valence-corrected chi connectivity index (χ2v) is 4.71. The van der Waals surface area contributed by atoms with Crippen molar-refractivity contribution in [3.8, 4) is 0 Å². The molecule has 0 amide bonds. The van der Waals surface area contributed by atoms with Crippen LogP contribution in [-0.4, -0.2) is 14.5 Å². The monoisotopic (exact) mass is 252 g/mol. The molecule has 0 bridgehead atoms. The number of hydrogen-bond acceptors (Lipinski definition) is 3. The summed E-state index contributed by atoms with van der Waals surface area (Å²) in [4.78, 5) is 8.87. The van der Waals surface area contributed by atoms with Crippen LogP contribution in [-0.2, 0) is 0 Å². The number of pyridine rings is 1. The highest BCUT2D eigenvalue weighted by molar-refractivity contribution is 5.81. The highest BCUT2D eigenvalue weighted by Crippen LogP contribution is 2.27. The number of aryl methyl sites for hydroxylation is 1. The lowest BCUT2D eigenvalue weighted by Crippen LogP contribution is -2.11. The Morgan fingerprint density at radius 1 is 1.16 bits per heavy atom. The molecule has 19 heavy (non-hydrogen) atoms. The molecule has 1 unspecified atom stereocenters. The van der Waals surface area contributed by atoms with Crippen molar-refractivity contribution in [2.45, 2.75) is 19.9 Å². The number of anilines is 1. The van der Waals surface area contributed by atoms with Gasteiger partial charge in [-0.3, -0.25) is 4.98 Å². The van der Waals surface area contributed by atoms with E-state index in [0.717, 1.165) is 22.3 Å². The molecular formula is C15H16N4. The number of fused-ring (bicyclic) bond motifs is 1. The molecule has 0 aliphatic heterocycles. The van der Waals surface area contributed by atoms with Crippen LogP contribution in [0.25, 0.3) is 11.0 Å². The number of nitrogens with zero attached hydrogens (tertiary/aromatic N) is 3. The lowest BCUT2D eigenvalue weighted by Gasteiger charge is -2.15. The van der Waals surface area contributed by atoms with E-state index in [1.165, 1.54) is 0 Å². The summed E-state index contributed by atoms with van der Waals surface area (Å²) < 4.78 is 2.03. The van der Waals surface area contributed by atoms with Gasteiger partial charge in [-0.2, -0.15) is 0 Å². The third-order valence-corrected chi connectivity index (χ3v) is 3.45. The summed E-state index contributed by atoms with van der Waals surface area (Å²) in [7, 11) is 0. The van der Waals surface area contributed by atoms with Crippen molar-refractivity contribution in [3.05, 3.63) is 53.9 Å². The Labute approximate surface area is 111 Å². The fraction of sp³-hybridized carbons (Fsp3) is 0.200.